The summed E-state index contributed by atoms with van der Waals surface area (Å²) in [5.74, 6) is -0.210. The Labute approximate surface area is 113 Å². The molecule has 0 radical (unpaired) electrons. The second-order valence-electron chi connectivity index (χ2n) is 4.05. The van der Waals surface area contributed by atoms with Crippen molar-refractivity contribution in [1.82, 2.24) is 24.7 Å². The maximum atomic E-state index is 11.9. The highest BCUT2D eigenvalue weighted by Gasteiger charge is 2.11. The number of fused-ring (bicyclic) bond motifs is 1. The number of carbonyl (C=O) groups excluding carboxylic acids is 1. The van der Waals surface area contributed by atoms with Gasteiger partial charge in [-0.2, -0.15) is 0 Å². The van der Waals surface area contributed by atoms with Crippen molar-refractivity contribution in [2.45, 2.75) is 13.5 Å². The standard InChI is InChI=1S/C12H11N5OS/c1-8-4-14-9(5-13-8)6-15-11(18)10-7-17-2-3-19-12(17)16-10/h2-5,7H,6H2,1H3,(H,15,18). The molecule has 0 fully saturated rings. The van der Waals surface area contributed by atoms with E-state index in [1.807, 2.05) is 22.9 Å². The van der Waals surface area contributed by atoms with Crippen LogP contribution < -0.4 is 5.32 Å². The Morgan fingerprint density at radius 2 is 2.32 bits per heavy atom. The molecular weight excluding hydrogens is 262 g/mol. The van der Waals surface area contributed by atoms with Crippen LogP contribution in [0.3, 0.4) is 0 Å². The van der Waals surface area contributed by atoms with Crippen molar-refractivity contribution in [3.05, 3.63) is 47.2 Å². The number of aromatic nitrogens is 4. The largest absolute Gasteiger partial charge is 0.345 e. The van der Waals surface area contributed by atoms with Gasteiger partial charge in [-0.15, -0.1) is 11.3 Å². The van der Waals surface area contributed by atoms with E-state index < -0.39 is 0 Å². The number of thiazole rings is 1. The number of amides is 1. The first-order chi connectivity index (χ1) is 9.22. The summed E-state index contributed by atoms with van der Waals surface area (Å²) in [6.45, 7) is 2.21. The van der Waals surface area contributed by atoms with Crippen molar-refractivity contribution in [2.75, 3.05) is 0 Å². The quantitative estimate of drug-likeness (QED) is 0.783. The average molecular weight is 273 g/mol. The molecule has 0 unspecified atom stereocenters. The molecule has 0 atom stereocenters. The molecule has 1 N–H and O–H groups in total. The van der Waals surface area contributed by atoms with Gasteiger partial charge in [0, 0.05) is 24.0 Å². The smallest absolute Gasteiger partial charge is 0.271 e. The predicted molar refractivity (Wildman–Crippen MR) is 71.0 cm³/mol. The van der Waals surface area contributed by atoms with Gasteiger partial charge in [0.2, 0.25) is 0 Å². The van der Waals surface area contributed by atoms with Gasteiger partial charge in [-0.1, -0.05) is 0 Å². The van der Waals surface area contributed by atoms with Gasteiger partial charge in [-0.25, -0.2) is 4.98 Å². The Hall–Kier alpha value is -2.28. The molecule has 3 heterocycles. The summed E-state index contributed by atoms with van der Waals surface area (Å²) in [5, 5.41) is 4.70. The van der Waals surface area contributed by atoms with Gasteiger partial charge in [0.25, 0.3) is 5.91 Å². The molecule has 7 heteroatoms. The van der Waals surface area contributed by atoms with Crippen LogP contribution in [0, 0.1) is 6.92 Å². The van der Waals surface area contributed by atoms with Crippen molar-refractivity contribution in [2.24, 2.45) is 0 Å². The minimum Gasteiger partial charge on any atom is -0.345 e. The van der Waals surface area contributed by atoms with Gasteiger partial charge in [0.05, 0.1) is 24.1 Å². The zero-order chi connectivity index (χ0) is 13.2. The molecule has 3 aromatic rings. The lowest BCUT2D eigenvalue weighted by Crippen LogP contribution is -2.23. The summed E-state index contributed by atoms with van der Waals surface area (Å²) in [6.07, 6.45) is 6.91. The summed E-state index contributed by atoms with van der Waals surface area (Å²) < 4.78 is 1.82. The molecule has 19 heavy (non-hydrogen) atoms. The molecule has 0 aliphatic heterocycles. The third-order valence-electron chi connectivity index (χ3n) is 2.59. The zero-order valence-corrected chi connectivity index (χ0v) is 11.0. The molecule has 96 valence electrons. The first-order valence-electron chi connectivity index (χ1n) is 5.70. The molecule has 3 aromatic heterocycles. The first-order valence-corrected chi connectivity index (χ1v) is 6.58. The maximum Gasteiger partial charge on any atom is 0.271 e. The topological polar surface area (TPSA) is 72.2 Å². The molecule has 6 nitrogen and oxygen atoms in total. The van der Waals surface area contributed by atoms with Crippen LogP contribution in [0.15, 0.2) is 30.2 Å². The highest BCUT2D eigenvalue weighted by molar-refractivity contribution is 7.15. The van der Waals surface area contributed by atoms with Crippen LogP contribution in [0.2, 0.25) is 0 Å². The van der Waals surface area contributed by atoms with E-state index in [1.54, 1.807) is 18.6 Å². The number of hydrogen-bond donors (Lipinski definition) is 1. The maximum absolute atomic E-state index is 11.9. The van der Waals surface area contributed by atoms with E-state index in [1.165, 1.54) is 11.3 Å². The van der Waals surface area contributed by atoms with Crippen LogP contribution in [0.1, 0.15) is 21.9 Å². The van der Waals surface area contributed by atoms with Gasteiger partial charge in [-0.05, 0) is 6.92 Å². The van der Waals surface area contributed by atoms with Crippen LogP contribution in [-0.4, -0.2) is 25.3 Å². The molecule has 0 bridgehead atoms. The van der Waals surface area contributed by atoms with Crippen molar-refractivity contribution in [3.8, 4) is 0 Å². The predicted octanol–water partition coefficient (Wildman–Crippen LogP) is 1.42. The lowest BCUT2D eigenvalue weighted by atomic mass is 10.4. The minimum absolute atomic E-state index is 0.210. The number of nitrogens with zero attached hydrogens (tertiary/aromatic N) is 4. The molecule has 0 spiro atoms. The average Bonchev–Trinajstić information content (AvgIpc) is 2.98. The van der Waals surface area contributed by atoms with E-state index in [0.717, 1.165) is 16.3 Å². The molecule has 0 aliphatic rings. The fourth-order valence-electron chi connectivity index (χ4n) is 1.61. The van der Waals surface area contributed by atoms with Gasteiger partial charge in [-0.3, -0.25) is 19.2 Å². The van der Waals surface area contributed by atoms with Crippen LogP contribution in [-0.2, 0) is 6.54 Å². The lowest BCUT2D eigenvalue weighted by Gasteiger charge is -2.02. The fraction of sp³-hybridized carbons (Fsp3) is 0.167. The van der Waals surface area contributed by atoms with Gasteiger partial charge in [0.15, 0.2) is 4.96 Å². The summed E-state index contributed by atoms with van der Waals surface area (Å²) in [7, 11) is 0. The van der Waals surface area contributed by atoms with Crippen LogP contribution in [0.25, 0.3) is 4.96 Å². The monoisotopic (exact) mass is 273 g/mol. The third-order valence-corrected chi connectivity index (χ3v) is 3.36. The molecule has 0 saturated heterocycles. The first kappa shape index (κ1) is 11.8. The third kappa shape index (κ3) is 2.45. The highest BCUT2D eigenvalue weighted by atomic mass is 32.1. The molecule has 3 rings (SSSR count). The molecule has 0 saturated carbocycles. The van der Waals surface area contributed by atoms with Gasteiger partial charge >= 0.3 is 0 Å². The number of imidazole rings is 1. The van der Waals surface area contributed by atoms with E-state index in [9.17, 15) is 4.79 Å². The molecule has 0 aliphatic carbocycles. The van der Waals surface area contributed by atoms with Crippen LogP contribution >= 0.6 is 11.3 Å². The second-order valence-corrected chi connectivity index (χ2v) is 4.92. The number of nitrogens with one attached hydrogen (secondary N) is 1. The van der Waals surface area contributed by atoms with Crippen molar-refractivity contribution >= 4 is 22.2 Å². The van der Waals surface area contributed by atoms with Crippen LogP contribution in [0.4, 0.5) is 0 Å². The second kappa shape index (κ2) is 4.77. The van der Waals surface area contributed by atoms with E-state index in [0.29, 0.717) is 12.2 Å². The number of carbonyl (C=O) groups is 1. The van der Waals surface area contributed by atoms with Crippen molar-refractivity contribution in [1.29, 1.82) is 0 Å². The molecule has 1 amide bonds. The minimum atomic E-state index is -0.210. The zero-order valence-electron chi connectivity index (χ0n) is 10.2. The fourth-order valence-corrected chi connectivity index (χ4v) is 2.31. The SMILES string of the molecule is Cc1cnc(CNC(=O)c2cn3ccsc3n2)cn1. The van der Waals surface area contributed by atoms with Gasteiger partial charge < -0.3 is 5.32 Å². The number of hydrogen-bond acceptors (Lipinski definition) is 5. The summed E-state index contributed by atoms with van der Waals surface area (Å²) in [6, 6.07) is 0. The Kier molecular flexibility index (Phi) is 2.96. The van der Waals surface area contributed by atoms with E-state index in [2.05, 4.69) is 20.3 Å². The van der Waals surface area contributed by atoms with E-state index in [-0.39, 0.29) is 5.91 Å². The number of aryl methyl sites for hydroxylation is 1. The summed E-state index contributed by atoms with van der Waals surface area (Å²) in [4.78, 5) is 25.3. The highest BCUT2D eigenvalue weighted by Crippen LogP contribution is 2.11. The summed E-state index contributed by atoms with van der Waals surface area (Å²) >= 11 is 1.49. The number of rotatable bonds is 3. The Morgan fingerprint density at radius 1 is 1.42 bits per heavy atom. The summed E-state index contributed by atoms with van der Waals surface area (Å²) in [5.41, 5.74) is 1.98. The molecular formula is C12H11N5OS. The van der Waals surface area contributed by atoms with E-state index in [4.69, 9.17) is 0 Å². The van der Waals surface area contributed by atoms with Crippen molar-refractivity contribution in [3.63, 3.8) is 0 Å². The van der Waals surface area contributed by atoms with Crippen LogP contribution in [0.5, 0.6) is 0 Å². The normalized spacial score (nSPS) is 10.8. The molecule has 0 aromatic carbocycles. The lowest BCUT2D eigenvalue weighted by molar-refractivity contribution is 0.0946. The Balaban J connectivity index is 1.68. The Bertz CT molecular complexity index is 687. The van der Waals surface area contributed by atoms with E-state index >= 15 is 0 Å². The Morgan fingerprint density at radius 3 is 3.05 bits per heavy atom. The van der Waals surface area contributed by atoms with Crippen molar-refractivity contribution < 1.29 is 4.79 Å². The van der Waals surface area contributed by atoms with Gasteiger partial charge in [0.1, 0.15) is 5.69 Å².